The van der Waals surface area contributed by atoms with Crippen molar-refractivity contribution in [3.05, 3.63) is 17.0 Å². The molecule has 0 saturated heterocycles. The molecule has 1 aliphatic carbocycles. The maximum Gasteiger partial charge on any atom is 0.220 e. The lowest BCUT2D eigenvalue weighted by molar-refractivity contribution is -0.121. The fourth-order valence-electron chi connectivity index (χ4n) is 2.82. The predicted octanol–water partition coefficient (Wildman–Crippen LogP) is 3.06. The van der Waals surface area contributed by atoms with Gasteiger partial charge in [-0.2, -0.15) is 0 Å². The monoisotopic (exact) mass is 264 g/mol. The lowest BCUT2D eigenvalue weighted by Crippen LogP contribution is -2.34. The van der Waals surface area contributed by atoms with Gasteiger partial charge in [0.2, 0.25) is 5.91 Å². The molecule has 0 radical (unpaired) electrons. The molecule has 1 N–H and O–H groups in total. The van der Waals surface area contributed by atoms with Crippen LogP contribution in [0.5, 0.6) is 0 Å². The summed E-state index contributed by atoms with van der Waals surface area (Å²) in [6, 6.07) is 0.389. The minimum Gasteiger partial charge on any atom is -0.361 e. The molecule has 0 aromatic carbocycles. The van der Waals surface area contributed by atoms with Crippen molar-refractivity contribution in [3.63, 3.8) is 0 Å². The molecule has 0 unspecified atom stereocenters. The van der Waals surface area contributed by atoms with E-state index in [4.69, 9.17) is 4.52 Å². The molecule has 1 aromatic rings. The molecule has 0 spiro atoms. The number of nitrogens with zero attached hydrogens (tertiary/aromatic N) is 1. The second-order valence-electron chi connectivity index (χ2n) is 5.56. The van der Waals surface area contributed by atoms with Crippen molar-refractivity contribution in [1.82, 2.24) is 10.5 Å². The summed E-state index contributed by atoms with van der Waals surface area (Å²) in [4.78, 5) is 12.0. The summed E-state index contributed by atoms with van der Waals surface area (Å²) in [5.41, 5.74) is 1.98. The number of aryl methyl sites for hydroxylation is 2. The van der Waals surface area contributed by atoms with Crippen molar-refractivity contribution in [3.8, 4) is 0 Å². The van der Waals surface area contributed by atoms with E-state index in [2.05, 4.69) is 10.5 Å². The van der Waals surface area contributed by atoms with Crippen molar-refractivity contribution in [2.75, 3.05) is 0 Å². The Balaban J connectivity index is 1.78. The minimum absolute atomic E-state index is 0.159. The lowest BCUT2D eigenvalue weighted by atomic mass is 10.1. The zero-order chi connectivity index (χ0) is 13.7. The van der Waals surface area contributed by atoms with Crippen molar-refractivity contribution in [2.45, 2.75) is 71.3 Å². The maximum absolute atomic E-state index is 12.0. The van der Waals surface area contributed by atoms with E-state index in [0.717, 1.165) is 36.3 Å². The highest BCUT2D eigenvalue weighted by molar-refractivity contribution is 5.76. The van der Waals surface area contributed by atoms with E-state index in [1.165, 1.54) is 25.7 Å². The molecule has 4 nitrogen and oxygen atoms in total. The number of carbonyl (C=O) groups is 1. The van der Waals surface area contributed by atoms with Gasteiger partial charge in [0, 0.05) is 18.0 Å². The number of rotatable bonds is 4. The molecule has 19 heavy (non-hydrogen) atoms. The Morgan fingerprint density at radius 3 is 2.53 bits per heavy atom. The van der Waals surface area contributed by atoms with E-state index < -0.39 is 0 Å². The standard InChI is InChI=1S/C15H24N2O2/c1-11-14(12(2)19-17-11)9-10-15(18)16-13-7-5-3-4-6-8-13/h13H,3-10H2,1-2H3,(H,16,18). The van der Waals surface area contributed by atoms with E-state index >= 15 is 0 Å². The second kappa shape index (κ2) is 6.73. The molecule has 4 heteroatoms. The van der Waals surface area contributed by atoms with Crippen LogP contribution >= 0.6 is 0 Å². The van der Waals surface area contributed by atoms with Gasteiger partial charge in [0.25, 0.3) is 0 Å². The Kier molecular flexibility index (Phi) is 5.00. The quantitative estimate of drug-likeness (QED) is 0.850. The molecule has 2 rings (SSSR count). The molecule has 0 atom stereocenters. The summed E-state index contributed by atoms with van der Waals surface area (Å²) < 4.78 is 5.11. The summed E-state index contributed by atoms with van der Waals surface area (Å²) >= 11 is 0. The van der Waals surface area contributed by atoms with Crippen LogP contribution in [-0.4, -0.2) is 17.1 Å². The number of hydrogen-bond donors (Lipinski definition) is 1. The fourth-order valence-corrected chi connectivity index (χ4v) is 2.82. The summed E-state index contributed by atoms with van der Waals surface area (Å²) in [5, 5.41) is 7.09. The Morgan fingerprint density at radius 2 is 1.95 bits per heavy atom. The molecule has 0 aliphatic heterocycles. The largest absolute Gasteiger partial charge is 0.361 e. The number of carbonyl (C=O) groups excluding carboxylic acids is 1. The fraction of sp³-hybridized carbons (Fsp3) is 0.733. The summed E-state index contributed by atoms with van der Waals surface area (Å²) in [7, 11) is 0. The number of aromatic nitrogens is 1. The van der Waals surface area contributed by atoms with Crippen LogP contribution in [0.15, 0.2) is 4.52 Å². The van der Waals surface area contributed by atoms with Gasteiger partial charge < -0.3 is 9.84 Å². The van der Waals surface area contributed by atoms with E-state index in [0.29, 0.717) is 12.5 Å². The first-order chi connectivity index (χ1) is 9.16. The van der Waals surface area contributed by atoms with E-state index in [-0.39, 0.29) is 5.91 Å². The molecule has 0 bridgehead atoms. The average Bonchev–Trinajstić information content (AvgIpc) is 2.59. The van der Waals surface area contributed by atoms with Crippen molar-refractivity contribution < 1.29 is 9.32 Å². The van der Waals surface area contributed by atoms with Crippen molar-refractivity contribution >= 4 is 5.91 Å². The van der Waals surface area contributed by atoms with Gasteiger partial charge in [-0.1, -0.05) is 30.8 Å². The molecule has 1 amide bonds. The topological polar surface area (TPSA) is 55.1 Å². The number of nitrogens with one attached hydrogen (secondary N) is 1. The molecular formula is C15H24N2O2. The predicted molar refractivity (Wildman–Crippen MR) is 73.9 cm³/mol. The molecule has 1 aromatic heterocycles. The van der Waals surface area contributed by atoms with Gasteiger partial charge in [0.15, 0.2) is 0 Å². The minimum atomic E-state index is 0.159. The van der Waals surface area contributed by atoms with Gasteiger partial charge in [-0.25, -0.2) is 0 Å². The Morgan fingerprint density at radius 1 is 1.26 bits per heavy atom. The first-order valence-corrected chi connectivity index (χ1v) is 7.38. The SMILES string of the molecule is Cc1noc(C)c1CCC(=O)NC1CCCCCC1. The van der Waals surface area contributed by atoms with Crippen molar-refractivity contribution in [1.29, 1.82) is 0 Å². The number of amides is 1. The van der Waals surface area contributed by atoms with Gasteiger partial charge in [-0.15, -0.1) is 0 Å². The zero-order valence-electron chi connectivity index (χ0n) is 12.0. The van der Waals surface area contributed by atoms with Crippen LogP contribution < -0.4 is 5.32 Å². The van der Waals surface area contributed by atoms with Gasteiger partial charge in [0.05, 0.1) is 5.69 Å². The third-order valence-corrected chi connectivity index (χ3v) is 4.00. The lowest BCUT2D eigenvalue weighted by Gasteiger charge is -2.16. The maximum atomic E-state index is 12.0. The van der Waals surface area contributed by atoms with Crippen LogP contribution in [-0.2, 0) is 11.2 Å². The number of hydrogen-bond acceptors (Lipinski definition) is 3. The summed E-state index contributed by atoms with van der Waals surface area (Å²) in [5.74, 6) is 0.992. The normalized spacial score (nSPS) is 17.2. The molecule has 1 aliphatic rings. The van der Waals surface area contributed by atoms with Gasteiger partial charge in [0.1, 0.15) is 5.76 Å². The van der Waals surface area contributed by atoms with E-state index in [1.807, 2.05) is 13.8 Å². The Bertz CT molecular complexity index is 398. The van der Waals surface area contributed by atoms with Gasteiger partial charge in [-0.3, -0.25) is 4.79 Å². The highest BCUT2D eigenvalue weighted by atomic mass is 16.5. The smallest absolute Gasteiger partial charge is 0.220 e. The molecule has 1 saturated carbocycles. The van der Waals surface area contributed by atoms with Gasteiger partial charge in [-0.05, 0) is 33.1 Å². The highest BCUT2D eigenvalue weighted by Gasteiger charge is 2.16. The van der Waals surface area contributed by atoms with E-state index in [1.54, 1.807) is 0 Å². The first kappa shape index (κ1) is 14.1. The zero-order valence-corrected chi connectivity index (χ0v) is 12.0. The van der Waals surface area contributed by atoms with Gasteiger partial charge >= 0.3 is 0 Å². The van der Waals surface area contributed by atoms with Crippen LogP contribution in [0, 0.1) is 13.8 Å². The van der Waals surface area contributed by atoms with Crippen molar-refractivity contribution in [2.24, 2.45) is 0 Å². The Labute approximate surface area is 114 Å². The summed E-state index contributed by atoms with van der Waals surface area (Å²) in [6.45, 7) is 3.83. The van der Waals surface area contributed by atoms with Crippen LogP contribution in [0.4, 0.5) is 0 Å². The second-order valence-corrected chi connectivity index (χ2v) is 5.56. The van der Waals surface area contributed by atoms with Crippen LogP contribution in [0.3, 0.4) is 0 Å². The molecule has 1 heterocycles. The van der Waals surface area contributed by atoms with Crippen LogP contribution in [0.25, 0.3) is 0 Å². The van der Waals surface area contributed by atoms with Crippen LogP contribution in [0.2, 0.25) is 0 Å². The van der Waals surface area contributed by atoms with Crippen LogP contribution in [0.1, 0.15) is 62.0 Å². The average molecular weight is 264 g/mol. The highest BCUT2D eigenvalue weighted by Crippen LogP contribution is 2.18. The Hall–Kier alpha value is -1.32. The first-order valence-electron chi connectivity index (χ1n) is 7.38. The molecule has 106 valence electrons. The molecule has 1 fully saturated rings. The third-order valence-electron chi connectivity index (χ3n) is 4.00. The third kappa shape index (κ3) is 4.08. The summed E-state index contributed by atoms with van der Waals surface area (Å²) in [6.07, 6.45) is 8.63. The molecular weight excluding hydrogens is 240 g/mol. The van der Waals surface area contributed by atoms with E-state index in [9.17, 15) is 4.79 Å².